The molecule has 24 nitrogen and oxygen atoms in total. The predicted molar refractivity (Wildman–Crippen MR) is 322 cm³/mol. The number of aliphatic carboxylic acids is 1. The molecular formula is C60H103N7O17S. The number of phenolic OH excluding ortho intramolecular Hbond substituents is 1. The van der Waals surface area contributed by atoms with Gasteiger partial charge in [-0.3, -0.25) is 48.4 Å². The molecule has 0 spiro atoms. The van der Waals surface area contributed by atoms with Crippen molar-refractivity contribution in [2.45, 2.75) is 192 Å². The number of hydrogen-bond donors (Lipinski definition) is 9. The average Bonchev–Trinajstić information content (AvgIpc) is 3.46. The van der Waals surface area contributed by atoms with Gasteiger partial charge in [-0.2, -0.15) is 8.42 Å². The van der Waals surface area contributed by atoms with E-state index in [1.807, 2.05) is 6.92 Å². The summed E-state index contributed by atoms with van der Waals surface area (Å²) in [6.07, 6.45) is 17.4. The van der Waals surface area contributed by atoms with Gasteiger partial charge in [0.15, 0.2) is 11.6 Å². The first-order valence-corrected chi connectivity index (χ1v) is 32.2. The third-order valence-corrected chi connectivity index (χ3v) is 15.1. The molecule has 0 radical (unpaired) electrons. The van der Waals surface area contributed by atoms with Crippen LogP contribution in [0, 0.1) is 17.2 Å². The van der Waals surface area contributed by atoms with Gasteiger partial charge in [0.05, 0.1) is 57.2 Å². The second-order valence-electron chi connectivity index (χ2n) is 22.0. The first kappa shape index (κ1) is 77.6. The summed E-state index contributed by atoms with van der Waals surface area (Å²) in [6.45, 7) is 3.52. The van der Waals surface area contributed by atoms with E-state index in [0.29, 0.717) is 77.4 Å². The number of rotatable bonds is 58. The lowest BCUT2D eigenvalue weighted by atomic mass is 9.89. The van der Waals surface area contributed by atoms with E-state index in [1.165, 1.54) is 12.1 Å². The van der Waals surface area contributed by atoms with Crippen molar-refractivity contribution in [1.29, 1.82) is 5.41 Å². The number of carbonyl (C=O) groups is 8. The Morgan fingerprint density at radius 2 is 1.15 bits per heavy atom. The number of Topliss-reactive ketones (excluding diaryl/α,β-unsaturated/α-hetero) is 3. The normalized spacial score (nSPS) is 12.9. The topological polar surface area (TPSA) is 384 Å². The van der Waals surface area contributed by atoms with Crippen molar-refractivity contribution in [1.82, 2.24) is 20.9 Å². The van der Waals surface area contributed by atoms with E-state index < -0.39 is 40.0 Å². The van der Waals surface area contributed by atoms with Crippen LogP contribution in [0.3, 0.4) is 0 Å². The number of amides is 4. The minimum Gasteiger partial charge on any atom is -0.508 e. The zero-order chi connectivity index (χ0) is 63.1. The second-order valence-corrected chi connectivity index (χ2v) is 23.6. The lowest BCUT2D eigenvalue weighted by Crippen LogP contribution is -2.44. The molecular weight excluding hydrogens is 1120 g/mol. The number of nitrogens with two attached hydrogens (primary N) is 2. The minimum atomic E-state index is -3.86. The Labute approximate surface area is 504 Å². The van der Waals surface area contributed by atoms with Crippen LogP contribution >= 0.6 is 0 Å². The molecule has 0 aromatic heterocycles. The molecule has 0 heterocycles. The highest BCUT2D eigenvalue weighted by Crippen LogP contribution is 2.21. The molecule has 1 rings (SSSR count). The van der Waals surface area contributed by atoms with E-state index in [9.17, 15) is 57.0 Å². The molecule has 486 valence electrons. The molecule has 11 N–H and O–H groups in total. The molecule has 0 aliphatic carbocycles. The van der Waals surface area contributed by atoms with Crippen molar-refractivity contribution < 1.29 is 80.5 Å². The van der Waals surface area contributed by atoms with Gasteiger partial charge in [0, 0.05) is 63.6 Å². The number of nitrogens with one attached hydrogen (secondary N) is 4. The van der Waals surface area contributed by atoms with Gasteiger partial charge in [-0.15, -0.1) is 0 Å². The molecule has 4 amide bonds. The monoisotopic (exact) mass is 1230 g/mol. The minimum absolute atomic E-state index is 0.0291. The van der Waals surface area contributed by atoms with Gasteiger partial charge in [-0.25, -0.2) is 4.79 Å². The predicted octanol–water partition coefficient (Wildman–Crippen LogP) is 5.51. The summed E-state index contributed by atoms with van der Waals surface area (Å²) in [6, 6.07) is 4.53. The number of unbranched alkanes of at least 4 members (excludes halogenated alkanes) is 14. The second kappa shape index (κ2) is 48.6. The summed E-state index contributed by atoms with van der Waals surface area (Å²) in [7, 11) is -2.14. The van der Waals surface area contributed by atoms with Crippen LogP contribution in [-0.4, -0.2) is 178 Å². The van der Waals surface area contributed by atoms with Crippen molar-refractivity contribution >= 4 is 62.9 Å². The number of hydrogen-bond acceptors (Lipinski definition) is 17. The maximum Gasteiger partial charge on any atom is 0.326 e. The summed E-state index contributed by atoms with van der Waals surface area (Å²) in [5.41, 5.74) is 12.0. The standard InChI is InChI=1S/C60H103N7O17S/c1-46(54(71)43-67(2)52(23-15-16-24-55(61)62)53(70)42-48(59(63)75)41-47-26-28-49(68)29-27-47)21-17-18-32-64-58(74)45-84-39-36-81-34-20-22-50(69)44-83-38-37-82-35-33-65-56(72)31-30-51(60(76)77)66-57(73)25-14-12-10-8-6-4-3-5-7-9-11-13-19-40-85(78,79)80/h26-29,46,48,51-52,68H,3-25,30-45H2,1-2H3,(H3,61,62)(H2,63,75)(H,64,74)(H,65,72)(H,66,73)(H,76,77)(H,78,79,80)/t46-,48+,51-,52-/m0/s1. The highest BCUT2D eigenvalue weighted by Gasteiger charge is 2.30. The van der Waals surface area contributed by atoms with Crippen molar-refractivity contribution in [3.8, 4) is 5.75 Å². The molecule has 0 saturated heterocycles. The molecule has 0 saturated carbocycles. The largest absolute Gasteiger partial charge is 0.508 e. The van der Waals surface area contributed by atoms with Crippen LogP contribution < -0.4 is 27.4 Å². The number of phenols is 1. The van der Waals surface area contributed by atoms with Crippen molar-refractivity contribution in [3.63, 3.8) is 0 Å². The molecule has 4 atom stereocenters. The number of carboxylic acids is 1. The molecule has 0 aliphatic rings. The van der Waals surface area contributed by atoms with E-state index in [0.717, 1.165) is 76.2 Å². The highest BCUT2D eigenvalue weighted by atomic mass is 32.2. The van der Waals surface area contributed by atoms with E-state index in [-0.39, 0.29) is 156 Å². The number of amidine groups is 1. The van der Waals surface area contributed by atoms with Gasteiger partial charge in [0.1, 0.15) is 30.8 Å². The van der Waals surface area contributed by atoms with Crippen LogP contribution in [0.4, 0.5) is 0 Å². The van der Waals surface area contributed by atoms with E-state index in [2.05, 4.69) is 16.0 Å². The van der Waals surface area contributed by atoms with E-state index in [4.69, 9.17) is 40.4 Å². The van der Waals surface area contributed by atoms with Gasteiger partial charge in [-0.1, -0.05) is 103 Å². The van der Waals surface area contributed by atoms with Crippen molar-refractivity contribution in [3.05, 3.63) is 29.8 Å². The smallest absolute Gasteiger partial charge is 0.326 e. The van der Waals surface area contributed by atoms with Crippen molar-refractivity contribution in [2.75, 3.05) is 85.3 Å². The van der Waals surface area contributed by atoms with Gasteiger partial charge >= 0.3 is 5.97 Å². The summed E-state index contributed by atoms with van der Waals surface area (Å²) in [4.78, 5) is 102. The van der Waals surface area contributed by atoms with Gasteiger partial charge in [-0.05, 0) is 82.5 Å². The Morgan fingerprint density at radius 3 is 1.75 bits per heavy atom. The fraction of sp³-hybridized carbons (Fsp3) is 0.750. The number of ether oxygens (including phenoxy) is 4. The number of likely N-dealkylation sites (N-methyl/N-ethyl adjacent to an activating group) is 1. The van der Waals surface area contributed by atoms with E-state index >= 15 is 0 Å². The number of primary amides is 1. The maximum absolute atomic E-state index is 13.7. The first-order chi connectivity index (χ1) is 40.6. The Kier molecular flexibility index (Phi) is 44.4. The molecule has 0 unspecified atom stereocenters. The highest BCUT2D eigenvalue weighted by molar-refractivity contribution is 7.85. The Hall–Kier alpha value is -5.44. The van der Waals surface area contributed by atoms with Crippen LogP contribution in [0.15, 0.2) is 24.3 Å². The Bertz CT molecular complexity index is 2200. The fourth-order valence-electron chi connectivity index (χ4n) is 9.28. The number of benzene rings is 1. The lowest BCUT2D eigenvalue weighted by Gasteiger charge is -2.28. The summed E-state index contributed by atoms with van der Waals surface area (Å²) < 4.78 is 51.9. The van der Waals surface area contributed by atoms with Crippen LogP contribution in [0.2, 0.25) is 0 Å². The van der Waals surface area contributed by atoms with Gasteiger partial charge in [0.2, 0.25) is 23.6 Å². The zero-order valence-corrected chi connectivity index (χ0v) is 51.6. The average molecular weight is 1230 g/mol. The number of carboxylic acid groups (broad SMARTS) is 1. The van der Waals surface area contributed by atoms with Crippen LogP contribution in [-0.2, 0) is 73.8 Å². The third kappa shape index (κ3) is 44.6. The van der Waals surface area contributed by atoms with Gasteiger partial charge < -0.3 is 56.6 Å². The number of aromatic hydroxyl groups is 1. The summed E-state index contributed by atoms with van der Waals surface area (Å²) >= 11 is 0. The molecule has 0 aliphatic heterocycles. The van der Waals surface area contributed by atoms with Crippen LogP contribution in [0.5, 0.6) is 5.75 Å². The Balaban J connectivity index is 2.09. The van der Waals surface area contributed by atoms with Gasteiger partial charge in [0.25, 0.3) is 10.1 Å². The zero-order valence-electron chi connectivity index (χ0n) is 50.8. The molecule has 25 heteroatoms. The fourth-order valence-corrected chi connectivity index (χ4v) is 9.84. The van der Waals surface area contributed by atoms with Crippen LogP contribution in [0.1, 0.15) is 179 Å². The molecule has 0 fully saturated rings. The summed E-state index contributed by atoms with van der Waals surface area (Å²) in [5.74, 6) is -4.29. The molecule has 1 aromatic carbocycles. The lowest BCUT2D eigenvalue weighted by molar-refractivity contribution is -0.142. The molecule has 85 heavy (non-hydrogen) atoms. The Morgan fingerprint density at radius 1 is 0.600 bits per heavy atom. The molecule has 0 bridgehead atoms. The van der Waals surface area contributed by atoms with Crippen LogP contribution in [0.25, 0.3) is 0 Å². The summed E-state index contributed by atoms with van der Waals surface area (Å²) in [5, 5.41) is 34.7. The maximum atomic E-state index is 13.7. The number of ketones is 3. The van der Waals surface area contributed by atoms with Crippen molar-refractivity contribution in [2.24, 2.45) is 23.3 Å². The number of nitrogens with zero attached hydrogens (tertiary/aromatic N) is 1. The third-order valence-electron chi connectivity index (χ3n) is 14.3. The number of carbonyl (C=O) groups excluding carboxylic acids is 7. The quantitative estimate of drug-likeness (QED) is 0.0168. The molecule has 1 aromatic rings. The SMILES string of the molecule is C[C@@H](CCCCNC(=O)COCCOCCCC(=O)COCCOCCNC(=O)CC[C@H](NC(=O)CCCCCCCCCCCCCCCS(=O)(=O)O)C(=O)O)C(=O)CN(C)[C@@H](CCCCC(=N)N)C(=O)C[C@@H](Cc1ccc(O)cc1)C(N)=O. The first-order valence-electron chi connectivity index (χ1n) is 30.6. The van der Waals surface area contributed by atoms with E-state index in [1.54, 1.807) is 24.1 Å².